The van der Waals surface area contributed by atoms with Gasteiger partial charge in [-0.1, -0.05) is 12.1 Å². The number of fused-ring (bicyclic) bond motifs is 1. The van der Waals surface area contributed by atoms with Gasteiger partial charge in [-0.05, 0) is 12.1 Å². The van der Waals surface area contributed by atoms with Crippen LogP contribution in [-0.2, 0) is 9.63 Å². The number of hydrogen-bond acceptors (Lipinski definition) is 4. The minimum Gasteiger partial charge on any atom is -0.357 e. The van der Waals surface area contributed by atoms with Gasteiger partial charge in [-0.2, -0.15) is 0 Å². The van der Waals surface area contributed by atoms with Crippen LogP contribution in [0.3, 0.4) is 0 Å². The van der Waals surface area contributed by atoms with Crippen LogP contribution in [0.15, 0.2) is 24.3 Å². The van der Waals surface area contributed by atoms with Gasteiger partial charge in [-0.3, -0.25) is 19.2 Å². The van der Waals surface area contributed by atoms with Crippen LogP contribution in [-0.4, -0.2) is 36.4 Å². The predicted octanol–water partition coefficient (Wildman–Crippen LogP) is -0.0398. The molecule has 0 aromatic heterocycles. The molecular formula is C11H10N2O4. The molecule has 0 saturated heterocycles. The fourth-order valence-corrected chi connectivity index (χ4v) is 1.48. The lowest BCUT2D eigenvalue weighted by Crippen LogP contribution is -2.34. The predicted molar refractivity (Wildman–Crippen MR) is 57.0 cm³/mol. The van der Waals surface area contributed by atoms with Gasteiger partial charge in [0.15, 0.2) is 6.61 Å². The molecule has 1 heterocycles. The van der Waals surface area contributed by atoms with Gasteiger partial charge in [-0.15, -0.1) is 5.06 Å². The average molecular weight is 234 g/mol. The number of nitrogens with one attached hydrogen (secondary N) is 1. The maximum atomic E-state index is 11.8. The Labute approximate surface area is 97.1 Å². The first-order chi connectivity index (χ1) is 8.15. The molecular weight excluding hydrogens is 224 g/mol. The number of hydrogen-bond donors (Lipinski definition) is 1. The smallest absolute Gasteiger partial charge is 0.285 e. The number of nitrogens with zero attached hydrogens (tertiary/aromatic N) is 1. The number of amides is 3. The summed E-state index contributed by atoms with van der Waals surface area (Å²) >= 11 is 0. The summed E-state index contributed by atoms with van der Waals surface area (Å²) in [5.74, 6) is -1.51. The molecule has 6 nitrogen and oxygen atoms in total. The Balaban J connectivity index is 2.16. The standard InChI is InChI=1S/C11H10N2O4/c1-12-9(14)6-17-13-10(15)7-4-2-3-5-8(7)11(13)16/h2-5H,6H2,1H3,(H,12,14). The fourth-order valence-electron chi connectivity index (χ4n) is 1.48. The second-order valence-corrected chi connectivity index (χ2v) is 3.40. The summed E-state index contributed by atoms with van der Waals surface area (Å²) in [5.41, 5.74) is 0.573. The Kier molecular flexibility index (Phi) is 2.88. The number of hydroxylamine groups is 2. The van der Waals surface area contributed by atoms with Crippen molar-refractivity contribution in [2.24, 2.45) is 0 Å². The first kappa shape index (κ1) is 11.3. The van der Waals surface area contributed by atoms with Crippen LogP contribution in [0.1, 0.15) is 20.7 Å². The summed E-state index contributed by atoms with van der Waals surface area (Å²) in [7, 11) is 1.44. The zero-order valence-electron chi connectivity index (χ0n) is 9.10. The van der Waals surface area contributed by atoms with Crippen LogP contribution >= 0.6 is 0 Å². The lowest BCUT2D eigenvalue weighted by molar-refractivity contribution is -0.139. The molecule has 88 valence electrons. The second kappa shape index (κ2) is 4.34. The highest BCUT2D eigenvalue weighted by Crippen LogP contribution is 2.22. The third-order valence-electron chi connectivity index (χ3n) is 2.36. The van der Waals surface area contributed by atoms with Gasteiger partial charge in [0.2, 0.25) is 5.91 Å². The molecule has 0 fully saturated rings. The third-order valence-corrected chi connectivity index (χ3v) is 2.36. The molecule has 3 amide bonds. The summed E-state index contributed by atoms with van der Waals surface area (Å²) in [5, 5.41) is 2.94. The first-order valence-electron chi connectivity index (χ1n) is 4.96. The molecule has 1 aliphatic rings. The molecule has 0 bridgehead atoms. The van der Waals surface area contributed by atoms with Gasteiger partial charge in [0.05, 0.1) is 11.1 Å². The molecule has 0 atom stereocenters. The van der Waals surface area contributed by atoms with Crippen molar-refractivity contribution in [1.29, 1.82) is 0 Å². The van der Waals surface area contributed by atoms with E-state index in [-0.39, 0.29) is 17.7 Å². The van der Waals surface area contributed by atoms with E-state index in [1.54, 1.807) is 24.3 Å². The zero-order valence-corrected chi connectivity index (χ0v) is 9.10. The maximum absolute atomic E-state index is 11.8. The largest absolute Gasteiger partial charge is 0.357 e. The van der Waals surface area contributed by atoms with Gasteiger partial charge in [0, 0.05) is 7.05 Å². The summed E-state index contributed by atoms with van der Waals surface area (Å²) < 4.78 is 0. The van der Waals surface area contributed by atoms with E-state index in [0.29, 0.717) is 5.06 Å². The van der Waals surface area contributed by atoms with E-state index in [0.717, 1.165) is 0 Å². The van der Waals surface area contributed by atoms with E-state index in [1.165, 1.54) is 7.05 Å². The molecule has 2 rings (SSSR count). The summed E-state index contributed by atoms with van der Waals surface area (Å²) in [6.07, 6.45) is 0. The van der Waals surface area contributed by atoms with Crippen LogP contribution < -0.4 is 5.32 Å². The van der Waals surface area contributed by atoms with Crippen LogP contribution in [0.25, 0.3) is 0 Å². The average Bonchev–Trinajstić information content (AvgIpc) is 2.60. The molecule has 0 spiro atoms. The van der Waals surface area contributed by atoms with Crippen molar-refractivity contribution in [3.63, 3.8) is 0 Å². The Morgan fingerprint density at radius 1 is 1.24 bits per heavy atom. The Morgan fingerprint density at radius 3 is 2.24 bits per heavy atom. The highest BCUT2D eigenvalue weighted by molar-refractivity contribution is 6.20. The first-order valence-corrected chi connectivity index (χ1v) is 4.96. The zero-order chi connectivity index (χ0) is 12.4. The highest BCUT2D eigenvalue weighted by Gasteiger charge is 2.36. The number of carbonyl (C=O) groups is 3. The minimum absolute atomic E-state index is 0.286. The van der Waals surface area contributed by atoms with E-state index in [9.17, 15) is 14.4 Å². The second-order valence-electron chi connectivity index (χ2n) is 3.40. The minimum atomic E-state index is -0.547. The molecule has 1 aromatic rings. The quantitative estimate of drug-likeness (QED) is 0.744. The van der Waals surface area contributed by atoms with E-state index in [2.05, 4.69) is 5.32 Å². The topological polar surface area (TPSA) is 75.7 Å². The highest BCUT2D eigenvalue weighted by atomic mass is 16.7. The number of imide groups is 1. The Bertz CT molecular complexity index is 463. The third kappa shape index (κ3) is 1.90. The number of likely N-dealkylation sites (N-methyl/N-ethyl adjacent to an activating group) is 1. The molecule has 17 heavy (non-hydrogen) atoms. The van der Waals surface area contributed by atoms with E-state index < -0.39 is 17.7 Å². The molecule has 1 aliphatic heterocycles. The van der Waals surface area contributed by atoms with Crippen molar-refractivity contribution in [2.45, 2.75) is 0 Å². The summed E-state index contributed by atoms with van der Waals surface area (Å²) in [6, 6.07) is 6.40. The van der Waals surface area contributed by atoms with Crippen LogP contribution in [0.4, 0.5) is 0 Å². The van der Waals surface area contributed by atoms with Crippen molar-refractivity contribution in [3.8, 4) is 0 Å². The van der Waals surface area contributed by atoms with Crippen molar-refractivity contribution in [1.82, 2.24) is 10.4 Å². The maximum Gasteiger partial charge on any atom is 0.285 e. The molecule has 1 N–H and O–H groups in total. The lowest BCUT2D eigenvalue weighted by atomic mass is 10.1. The molecule has 0 aliphatic carbocycles. The van der Waals surface area contributed by atoms with Gasteiger partial charge in [0.25, 0.3) is 11.8 Å². The Morgan fingerprint density at radius 2 is 1.76 bits per heavy atom. The van der Waals surface area contributed by atoms with E-state index >= 15 is 0 Å². The van der Waals surface area contributed by atoms with Crippen molar-refractivity contribution in [2.75, 3.05) is 13.7 Å². The van der Waals surface area contributed by atoms with Crippen LogP contribution in [0.2, 0.25) is 0 Å². The molecule has 0 unspecified atom stereocenters. The Hall–Kier alpha value is -2.21. The molecule has 0 saturated carbocycles. The van der Waals surface area contributed by atoms with Gasteiger partial charge in [0.1, 0.15) is 0 Å². The number of benzene rings is 1. The van der Waals surface area contributed by atoms with Crippen molar-refractivity contribution in [3.05, 3.63) is 35.4 Å². The molecule has 0 radical (unpaired) electrons. The van der Waals surface area contributed by atoms with Crippen molar-refractivity contribution >= 4 is 17.7 Å². The van der Waals surface area contributed by atoms with Crippen LogP contribution in [0.5, 0.6) is 0 Å². The number of carbonyl (C=O) groups excluding carboxylic acids is 3. The van der Waals surface area contributed by atoms with E-state index in [4.69, 9.17) is 4.84 Å². The van der Waals surface area contributed by atoms with E-state index in [1.807, 2.05) is 0 Å². The van der Waals surface area contributed by atoms with Gasteiger partial charge >= 0.3 is 0 Å². The molecule has 1 aromatic carbocycles. The summed E-state index contributed by atoms with van der Waals surface area (Å²) in [6.45, 7) is -0.373. The lowest BCUT2D eigenvalue weighted by Gasteiger charge is -2.12. The SMILES string of the molecule is CNC(=O)CON1C(=O)c2ccccc2C1=O. The monoisotopic (exact) mass is 234 g/mol. The normalized spacial score (nSPS) is 13.8. The van der Waals surface area contributed by atoms with Crippen molar-refractivity contribution < 1.29 is 19.2 Å². The summed E-state index contributed by atoms with van der Waals surface area (Å²) in [4.78, 5) is 39.4. The van der Waals surface area contributed by atoms with Crippen LogP contribution in [0, 0.1) is 0 Å². The van der Waals surface area contributed by atoms with Gasteiger partial charge < -0.3 is 5.32 Å². The fraction of sp³-hybridized carbons (Fsp3) is 0.182. The molecule has 6 heteroatoms. The van der Waals surface area contributed by atoms with Gasteiger partial charge in [-0.25, -0.2) is 0 Å². The number of rotatable bonds is 3.